The van der Waals surface area contributed by atoms with Crippen molar-refractivity contribution in [3.63, 3.8) is 0 Å². The van der Waals surface area contributed by atoms with E-state index >= 15 is 0 Å². The zero-order valence-corrected chi connectivity index (χ0v) is 11.3. The van der Waals surface area contributed by atoms with Gasteiger partial charge in [-0.25, -0.2) is 0 Å². The van der Waals surface area contributed by atoms with Crippen molar-refractivity contribution in [3.8, 4) is 0 Å². The van der Waals surface area contributed by atoms with Gasteiger partial charge in [0.25, 0.3) is 0 Å². The smallest absolute Gasteiger partial charge is 0.0627 e. The molecule has 0 spiro atoms. The van der Waals surface area contributed by atoms with Crippen molar-refractivity contribution in [1.82, 2.24) is 15.1 Å². The van der Waals surface area contributed by atoms with E-state index in [4.69, 9.17) is 0 Å². The molecule has 18 heavy (non-hydrogen) atoms. The summed E-state index contributed by atoms with van der Waals surface area (Å²) < 4.78 is 1.78. The van der Waals surface area contributed by atoms with Gasteiger partial charge in [-0.15, -0.1) is 0 Å². The zero-order valence-electron chi connectivity index (χ0n) is 11.3. The average Bonchev–Trinajstić information content (AvgIpc) is 2.65. The van der Waals surface area contributed by atoms with Crippen LogP contribution in [0.2, 0.25) is 0 Å². The molecule has 102 valence electrons. The molecule has 1 aromatic rings. The van der Waals surface area contributed by atoms with Crippen LogP contribution in [0.25, 0.3) is 0 Å². The predicted molar refractivity (Wildman–Crippen MR) is 72.2 cm³/mol. The van der Waals surface area contributed by atoms with Gasteiger partial charge in [-0.05, 0) is 25.3 Å². The van der Waals surface area contributed by atoms with Crippen molar-refractivity contribution in [1.29, 1.82) is 0 Å². The Morgan fingerprint density at radius 3 is 2.67 bits per heavy atom. The van der Waals surface area contributed by atoms with E-state index in [1.165, 1.54) is 38.5 Å². The second kappa shape index (κ2) is 6.90. The second-order valence-electron chi connectivity index (χ2n) is 5.45. The quantitative estimate of drug-likeness (QED) is 0.787. The van der Waals surface area contributed by atoms with Crippen LogP contribution in [0.5, 0.6) is 0 Å². The number of hydrogen-bond acceptors (Lipinski definition) is 3. The van der Waals surface area contributed by atoms with E-state index in [2.05, 4.69) is 10.4 Å². The first kappa shape index (κ1) is 13.6. The molecule has 0 aromatic carbocycles. The molecule has 0 amide bonds. The molecule has 0 saturated heterocycles. The highest BCUT2D eigenvalue weighted by atomic mass is 16.3. The summed E-state index contributed by atoms with van der Waals surface area (Å²) in [5, 5.41) is 17.1. The molecule has 1 aliphatic carbocycles. The molecule has 4 nitrogen and oxygen atoms in total. The number of aryl methyl sites for hydroxylation is 1. The van der Waals surface area contributed by atoms with E-state index in [9.17, 15) is 5.11 Å². The SMILES string of the molecule is Cn1cc([C@@H](CO)NCC2CCCCCC2)cn1. The maximum absolute atomic E-state index is 9.47. The lowest BCUT2D eigenvalue weighted by Gasteiger charge is -2.20. The van der Waals surface area contributed by atoms with Gasteiger partial charge >= 0.3 is 0 Å². The van der Waals surface area contributed by atoms with Crippen molar-refractivity contribution < 1.29 is 5.11 Å². The molecular formula is C14H25N3O. The van der Waals surface area contributed by atoms with Gasteiger partial charge in [-0.2, -0.15) is 5.10 Å². The molecule has 1 fully saturated rings. The van der Waals surface area contributed by atoms with Crippen molar-refractivity contribution >= 4 is 0 Å². The molecule has 1 aromatic heterocycles. The molecule has 0 bridgehead atoms. The van der Waals surface area contributed by atoms with Crippen LogP contribution in [-0.2, 0) is 7.05 Å². The van der Waals surface area contributed by atoms with Gasteiger partial charge in [0.2, 0.25) is 0 Å². The first-order chi connectivity index (χ1) is 8.79. The number of aromatic nitrogens is 2. The predicted octanol–water partition coefficient (Wildman–Crippen LogP) is 2.01. The molecule has 4 heteroatoms. The molecule has 1 heterocycles. The van der Waals surface area contributed by atoms with Crippen LogP contribution >= 0.6 is 0 Å². The van der Waals surface area contributed by atoms with Crippen LogP contribution in [0, 0.1) is 5.92 Å². The van der Waals surface area contributed by atoms with Gasteiger partial charge in [0.15, 0.2) is 0 Å². The number of aliphatic hydroxyl groups is 1. The Labute approximate surface area is 109 Å². The van der Waals surface area contributed by atoms with Gasteiger partial charge in [-0.3, -0.25) is 4.68 Å². The van der Waals surface area contributed by atoms with Crippen LogP contribution < -0.4 is 5.32 Å². The van der Waals surface area contributed by atoms with Gasteiger partial charge in [0.05, 0.1) is 18.8 Å². The van der Waals surface area contributed by atoms with Crippen LogP contribution in [-0.4, -0.2) is 28.0 Å². The first-order valence-corrected chi connectivity index (χ1v) is 7.12. The normalized spacial score (nSPS) is 19.7. The van der Waals surface area contributed by atoms with Crippen LogP contribution in [0.4, 0.5) is 0 Å². The minimum atomic E-state index is 0.0296. The number of aliphatic hydroxyl groups excluding tert-OH is 1. The highest BCUT2D eigenvalue weighted by molar-refractivity contribution is 5.10. The summed E-state index contributed by atoms with van der Waals surface area (Å²) in [6.45, 7) is 1.15. The average molecular weight is 251 g/mol. The molecule has 1 atom stereocenters. The standard InChI is InChI=1S/C14H25N3O/c1-17-10-13(9-16-17)14(11-18)15-8-12-6-4-2-3-5-7-12/h9-10,12,14-15,18H,2-8,11H2,1H3/t14-/m1/s1. The third kappa shape index (κ3) is 3.82. The van der Waals surface area contributed by atoms with Crippen molar-refractivity contribution in [2.45, 2.75) is 44.6 Å². The lowest BCUT2D eigenvalue weighted by molar-refractivity contribution is 0.236. The lowest BCUT2D eigenvalue weighted by Crippen LogP contribution is -2.29. The maximum Gasteiger partial charge on any atom is 0.0627 e. The van der Waals surface area contributed by atoms with E-state index in [-0.39, 0.29) is 12.6 Å². The molecule has 0 aliphatic heterocycles. The van der Waals surface area contributed by atoms with Gasteiger partial charge in [0.1, 0.15) is 0 Å². The summed E-state index contributed by atoms with van der Waals surface area (Å²) in [6, 6.07) is 0.0296. The van der Waals surface area contributed by atoms with E-state index in [1.54, 1.807) is 4.68 Å². The fourth-order valence-corrected chi connectivity index (χ4v) is 2.78. The third-order valence-electron chi connectivity index (χ3n) is 3.94. The van der Waals surface area contributed by atoms with E-state index < -0.39 is 0 Å². The Bertz CT molecular complexity index is 343. The lowest BCUT2D eigenvalue weighted by atomic mass is 10.00. The molecule has 2 N–H and O–H groups in total. The third-order valence-corrected chi connectivity index (χ3v) is 3.94. The summed E-state index contributed by atoms with van der Waals surface area (Å²) in [5.41, 5.74) is 1.08. The number of nitrogens with one attached hydrogen (secondary N) is 1. The van der Waals surface area contributed by atoms with Gasteiger partial charge in [-0.1, -0.05) is 25.7 Å². The fraction of sp³-hybridized carbons (Fsp3) is 0.786. The summed E-state index contributed by atoms with van der Waals surface area (Å²) in [6.07, 6.45) is 12.0. The van der Waals surface area contributed by atoms with Crippen molar-refractivity contribution in [2.24, 2.45) is 13.0 Å². The highest BCUT2D eigenvalue weighted by Gasteiger charge is 2.16. The Morgan fingerprint density at radius 2 is 2.11 bits per heavy atom. The Kier molecular flexibility index (Phi) is 5.20. The molecule has 2 rings (SSSR count). The number of hydrogen-bond donors (Lipinski definition) is 2. The van der Waals surface area contributed by atoms with Gasteiger partial charge < -0.3 is 10.4 Å². The number of nitrogens with zero attached hydrogens (tertiary/aromatic N) is 2. The Balaban J connectivity index is 1.83. The molecule has 1 aliphatic rings. The fourth-order valence-electron chi connectivity index (χ4n) is 2.78. The minimum absolute atomic E-state index is 0.0296. The minimum Gasteiger partial charge on any atom is -0.394 e. The summed E-state index contributed by atoms with van der Waals surface area (Å²) in [7, 11) is 1.91. The molecule has 1 saturated carbocycles. The highest BCUT2D eigenvalue weighted by Crippen LogP contribution is 2.23. The largest absolute Gasteiger partial charge is 0.394 e. The van der Waals surface area contributed by atoms with Crippen LogP contribution in [0.3, 0.4) is 0 Å². The Hall–Kier alpha value is -0.870. The first-order valence-electron chi connectivity index (χ1n) is 7.12. The van der Waals surface area contributed by atoms with Gasteiger partial charge in [0, 0.05) is 18.8 Å². The second-order valence-corrected chi connectivity index (χ2v) is 5.45. The van der Waals surface area contributed by atoms with Crippen molar-refractivity contribution in [3.05, 3.63) is 18.0 Å². The summed E-state index contributed by atoms with van der Waals surface area (Å²) in [4.78, 5) is 0. The van der Waals surface area contributed by atoms with Crippen molar-refractivity contribution in [2.75, 3.05) is 13.2 Å². The van der Waals surface area contributed by atoms with E-state index in [0.29, 0.717) is 0 Å². The van der Waals surface area contributed by atoms with Crippen LogP contribution in [0.15, 0.2) is 12.4 Å². The monoisotopic (exact) mass is 251 g/mol. The maximum atomic E-state index is 9.47. The topological polar surface area (TPSA) is 50.1 Å². The summed E-state index contributed by atoms with van der Waals surface area (Å²) in [5.74, 6) is 0.776. The molecular weight excluding hydrogens is 226 g/mol. The van der Waals surface area contributed by atoms with E-state index in [0.717, 1.165) is 18.0 Å². The van der Waals surface area contributed by atoms with E-state index in [1.807, 2.05) is 19.4 Å². The molecule has 0 unspecified atom stereocenters. The number of rotatable bonds is 5. The summed E-state index contributed by atoms with van der Waals surface area (Å²) >= 11 is 0. The zero-order chi connectivity index (χ0) is 12.8. The Morgan fingerprint density at radius 1 is 1.39 bits per heavy atom. The van der Waals surface area contributed by atoms with Crippen LogP contribution in [0.1, 0.15) is 50.1 Å². The molecule has 0 radical (unpaired) electrons.